The highest BCUT2D eigenvalue weighted by Crippen LogP contribution is 2.49. The van der Waals surface area contributed by atoms with Crippen molar-refractivity contribution in [3.05, 3.63) is 83.4 Å². The Hall–Kier alpha value is -1.71. The molecule has 0 aromatic heterocycles. The normalized spacial score (nSPS) is 15.5. The maximum absolute atomic E-state index is 13.5. The minimum Gasteiger partial charge on any atom is -0.304 e. The molecule has 0 unspecified atom stereocenters. The average molecular weight is 413 g/mol. The summed E-state index contributed by atoms with van der Waals surface area (Å²) in [5.74, 6) is 0.603. The van der Waals surface area contributed by atoms with Crippen LogP contribution in [0.25, 0.3) is 0 Å². The van der Waals surface area contributed by atoms with Crippen molar-refractivity contribution in [1.29, 1.82) is 0 Å². The Morgan fingerprint density at radius 2 is 1.48 bits per heavy atom. The first-order valence-corrected chi connectivity index (χ1v) is 12.1. The Balaban J connectivity index is 1.59. The molecule has 156 valence electrons. The topological polar surface area (TPSA) is 38.8 Å². The van der Waals surface area contributed by atoms with E-state index in [2.05, 4.69) is 24.8 Å². The molecule has 1 aliphatic rings. The van der Waals surface area contributed by atoms with Crippen LogP contribution in [0, 0.1) is 5.92 Å². The van der Waals surface area contributed by atoms with Gasteiger partial charge < -0.3 is 9.05 Å². The monoisotopic (exact) mass is 413 g/mol. The molecule has 0 N–H and O–H groups in total. The van der Waals surface area contributed by atoms with Crippen LogP contribution in [-0.4, -0.2) is 30.7 Å². The van der Waals surface area contributed by atoms with E-state index in [1.54, 1.807) is 0 Å². The Morgan fingerprint density at radius 1 is 0.931 bits per heavy atom. The maximum atomic E-state index is 13.5. The van der Waals surface area contributed by atoms with E-state index >= 15 is 0 Å². The van der Waals surface area contributed by atoms with Gasteiger partial charge >= 0.3 is 7.60 Å². The zero-order chi connectivity index (χ0) is 20.5. The van der Waals surface area contributed by atoms with Crippen molar-refractivity contribution in [1.82, 2.24) is 4.90 Å². The van der Waals surface area contributed by atoms with Gasteiger partial charge in [-0.25, -0.2) is 0 Å². The molecular formula is C24H32NO3P. The minimum absolute atomic E-state index is 0.296. The van der Waals surface area contributed by atoms with Crippen molar-refractivity contribution in [2.45, 2.75) is 33.5 Å². The molecule has 5 heteroatoms. The molecule has 2 aromatic carbocycles. The Kier molecular flexibility index (Phi) is 8.26. The van der Waals surface area contributed by atoms with Gasteiger partial charge in [-0.2, -0.15) is 0 Å². The lowest BCUT2D eigenvalue weighted by Gasteiger charge is -2.29. The fourth-order valence-corrected chi connectivity index (χ4v) is 4.93. The zero-order valence-corrected chi connectivity index (χ0v) is 18.4. The highest BCUT2D eigenvalue weighted by Gasteiger charge is 2.26. The molecule has 1 heterocycles. The van der Waals surface area contributed by atoms with Crippen LogP contribution < -0.4 is 0 Å². The predicted octanol–water partition coefficient (Wildman–Crippen LogP) is 5.90. The Bertz CT molecular complexity index is 773. The maximum Gasteiger partial charge on any atom is 0.332 e. The van der Waals surface area contributed by atoms with Gasteiger partial charge in [0.05, 0.1) is 19.4 Å². The summed E-state index contributed by atoms with van der Waals surface area (Å²) in [7, 11) is -3.21. The molecular weight excluding hydrogens is 381 g/mol. The lowest BCUT2D eigenvalue weighted by atomic mass is 9.97. The van der Waals surface area contributed by atoms with Crippen molar-refractivity contribution in [3.63, 3.8) is 0 Å². The number of nitrogens with zero attached hydrogens (tertiary/aromatic N) is 1. The second-order valence-corrected chi connectivity index (χ2v) is 10.0. The number of hydrogen-bond donors (Lipinski definition) is 0. The first kappa shape index (κ1) is 22.0. The third-order valence-corrected chi connectivity index (χ3v) is 7.09. The van der Waals surface area contributed by atoms with Gasteiger partial charge in [-0.3, -0.25) is 9.46 Å². The third-order valence-electron chi connectivity index (χ3n) is 5.30. The van der Waals surface area contributed by atoms with Crippen molar-refractivity contribution >= 4 is 7.60 Å². The first-order chi connectivity index (χ1) is 14.0. The fraction of sp³-hybridized carbons (Fsp3) is 0.417. The molecule has 0 fully saturated rings. The van der Waals surface area contributed by atoms with Gasteiger partial charge in [0.2, 0.25) is 0 Å². The highest BCUT2D eigenvalue weighted by atomic mass is 31.2. The smallest absolute Gasteiger partial charge is 0.304 e. The lowest BCUT2D eigenvalue weighted by Crippen LogP contribution is -2.32. The molecule has 0 aliphatic carbocycles. The fourth-order valence-electron chi connectivity index (χ4n) is 3.38. The standard InChI is InChI=1S/C24H32NO3P/c1-21(2)24-13-15-25(16-14-24)17-18-29(26,27-19-22-9-5-3-6-10-22)28-20-23-11-7-4-8-12-23/h3-13,21H,14-20H2,1-2H3. The third kappa shape index (κ3) is 7.24. The van der Waals surface area contributed by atoms with E-state index in [-0.39, 0.29) is 0 Å². The molecule has 29 heavy (non-hydrogen) atoms. The van der Waals surface area contributed by atoms with Gasteiger partial charge in [0.15, 0.2) is 0 Å². The quantitative estimate of drug-likeness (QED) is 0.359. The van der Waals surface area contributed by atoms with Crippen LogP contribution in [0.1, 0.15) is 31.4 Å². The summed E-state index contributed by atoms with van der Waals surface area (Å²) >= 11 is 0. The van der Waals surface area contributed by atoms with Crippen molar-refractivity contribution < 1.29 is 13.6 Å². The molecule has 2 aromatic rings. The summed E-state index contributed by atoms with van der Waals surface area (Å²) in [5.41, 5.74) is 3.52. The summed E-state index contributed by atoms with van der Waals surface area (Å²) in [6.45, 7) is 7.69. The zero-order valence-electron chi connectivity index (χ0n) is 17.5. The molecule has 0 atom stereocenters. The lowest BCUT2D eigenvalue weighted by molar-refractivity contribution is 0.186. The van der Waals surface area contributed by atoms with Gasteiger partial charge in [0.25, 0.3) is 0 Å². The predicted molar refractivity (Wildman–Crippen MR) is 119 cm³/mol. The van der Waals surface area contributed by atoms with Crippen LogP contribution in [-0.2, 0) is 26.8 Å². The number of rotatable bonds is 10. The van der Waals surface area contributed by atoms with E-state index in [4.69, 9.17) is 9.05 Å². The molecule has 0 amide bonds. The van der Waals surface area contributed by atoms with Crippen LogP contribution >= 0.6 is 7.60 Å². The molecule has 4 nitrogen and oxygen atoms in total. The second-order valence-electron chi connectivity index (χ2n) is 7.84. The molecule has 3 rings (SSSR count). The molecule has 0 radical (unpaired) electrons. The molecule has 0 spiro atoms. The summed E-state index contributed by atoms with van der Waals surface area (Å²) in [4.78, 5) is 2.33. The van der Waals surface area contributed by atoms with E-state index < -0.39 is 7.60 Å². The minimum atomic E-state index is -3.21. The van der Waals surface area contributed by atoms with Crippen LogP contribution in [0.3, 0.4) is 0 Å². The van der Waals surface area contributed by atoms with Crippen molar-refractivity contribution in [2.24, 2.45) is 5.92 Å². The van der Waals surface area contributed by atoms with Gasteiger partial charge in [0.1, 0.15) is 0 Å². The van der Waals surface area contributed by atoms with Crippen LogP contribution in [0.4, 0.5) is 0 Å². The largest absolute Gasteiger partial charge is 0.332 e. The summed E-state index contributed by atoms with van der Waals surface area (Å²) in [5, 5.41) is 0. The molecule has 1 aliphatic heterocycles. The SMILES string of the molecule is CC(C)C1=CCN(CCP(=O)(OCc2ccccc2)OCc2ccccc2)CC1. The Labute approximate surface area is 175 Å². The number of benzene rings is 2. The van der Waals surface area contributed by atoms with Gasteiger partial charge in [-0.1, -0.05) is 86.2 Å². The van der Waals surface area contributed by atoms with Crippen molar-refractivity contribution in [3.8, 4) is 0 Å². The van der Waals surface area contributed by atoms with E-state index in [1.165, 1.54) is 5.57 Å². The van der Waals surface area contributed by atoms with E-state index in [0.29, 0.717) is 31.8 Å². The first-order valence-electron chi connectivity index (χ1n) is 10.4. The second kappa shape index (κ2) is 10.9. The van der Waals surface area contributed by atoms with E-state index in [9.17, 15) is 4.57 Å². The number of hydrogen-bond acceptors (Lipinski definition) is 4. The highest BCUT2D eigenvalue weighted by molar-refractivity contribution is 7.53. The molecule has 0 saturated heterocycles. The van der Waals surface area contributed by atoms with Crippen LogP contribution in [0.2, 0.25) is 0 Å². The Morgan fingerprint density at radius 3 is 1.93 bits per heavy atom. The van der Waals surface area contributed by atoms with E-state index in [1.807, 2.05) is 60.7 Å². The summed E-state index contributed by atoms with van der Waals surface area (Å²) in [6, 6.07) is 19.7. The summed E-state index contributed by atoms with van der Waals surface area (Å²) in [6.07, 6.45) is 3.80. The van der Waals surface area contributed by atoms with Crippen LogP contribution in [0.5, 0.6) is 0 Å². The summed E-state index contributed by atoms with van der Waals surface area (Å²) < 4.78 is 25.2. The van der Waals surface area contributed by atoms with Gasteiger partial charge in [-0.05, 0) is 23.5 Å². The molecule has 0 saturated carbocycles. The van der Waals surface area contributed by atoms with Gasteiger partial charge in [0, 0.05) is 19.6 Å². The van der Waals surface area contributed by atoms with Gasteiger partial charge in [-0.15, -0.1) is 0 Å². The van der Waals surface area contributed by atoms with Crippen LogP contribution in [0.15, 0.2) is 72.3 Å². The van der Waals surface area contributed by atoms with E-state index in [0.717, 1.165) is 30.6 Å². The molecule has 0 bridgehead atoms. The average Bonchev–Trinajstić information content (AvgIpc) is 2.77. The van der Waals surface area contributed by atoms with Crippen molar-refractivity contribution in [2.75, 3.05) is 25.8 Å².